The molecule has 0 aromatic heterocycles. The molecule has 5 nitrogen and oxygen atoms in total. The normalized spacial score (nSPS) is 13.4. The molecule has 1 heterocycles. The summed E-state index contributed by atoms with van der Waals surface area (Å²) < 4.78 is 10.9. The second-order valence-electron chi connectivity index (χ2n) is 5.15. The Balaban J connectivity index is 1.87. The molecule has 3 N–H and O–H groups in total. The van der Waals surface area contributed by atoms with E-state index in [0.717, 1.165) is 22.6 Å². The smallest absolute Gasteiger partial charge is 0.189 e. The van der Waals surface area contributed by atoms with Crippen molar-refractivity contribution in [1.82, 2.24) is 0 Å². The quantitative estimate of drug-likeness (QED) is 0.848. The van der Waals surface area contributed by atoms with Crippen LogP contribution < -0.4 is 15.4 Å². The van der Waals surface area contributed by atoms with Crippen molar-refractivity contribution in [2.75, 3.05) is 24.5 Å². The van der Waals surface area contributed by atoms with Gasteiger partial charge >= 0.3 is 0 Å². The number of nitrogens with zero attached hydrogens (tertiary/aromatic N) is 1. The molecule has 110 valence electrons. The lowest BCUT2D eigenvalue weighted by Gasteiger charge is -2.25. The zero-order valence-corrected chi connectivity index (χ0v) is 11.9. The largest absolute Gasteiger partial charge is 0.508 e. The molecule has 0 saturated carbocycles. The zero-order valence-electron chi connectivity index (χ0n) is 11.9. The summed E-state index contributed by atoms with van der Waals surface area (Å²) in [6.45, 7) is 1.46. The van der Waals surface area contributed by atoms with Crippen LogP contribution in [0.25, 0.3) is 0 Å². The molecule has 0 saturated heterocycles. The third kappa shape index (κ3) is 2.87. The number of nitrogens with two attached hydrogens (primary N) is 1. The van der Waals surface area contributed by atoms with Gasteiger partial charge < -0.3 is 25.2 Å². The van der Waals surface area contributed by atoms with E-state index in [1.807, 2.05) is 31.3 Å². The van der Waals surface area contributed by atoms with E-state index in [1.165, 1.54) is 0 Å². The summed E-state index contributed by atoms with van der Waals surface area (Å²) in [6, 6.07) is 10.9. The van der Waals surface area contributed by atoms with Gasteiger partial charge in [-0.1, -0.05) is 0 Å². The number of aromatic hydroxyl groups is 1. The Morgan fingerprint density at radius 2 is 2.00 bits per heavy atom. The number of anilines is 2. The number of phenolic OH excluding ortho intramolecular Hbond substituents is 1. The maximum absolute atomic E-state index is 9.35. The molecular weight excluding hydrogens is 268 g/mol. The highest BCUT2D eigenvalue weighted by molar-refractivity contribution is 5.56. The van der Waals surface area contributed by atoms with Crippen molar-refractivity contribution in [3.8, 4) is 11.5 Å². The highest BCUT2D eigenvalue weighted by Gasteiger charge is 2.17. The van der Waals surface area contributed by atoms with Crippen LogP contribution >= 0.6 is 0 Å². The van der Waals surface area contributed by atoms with Gasteiger partial charge in [0.25, 0.3) is 0 Å². The number of hydrogen-bond acceptors (Lipinski definition) is 5. The van der Waals surface area contributed by atoms with Crippen molar-refractivity contribution in [2.45, 2.75) is 13.2 Å². The summed E-state index contributed by atoms with van der Waals surface area (Å²) in [5.41, 5.74) is 9.68. The number of fused-ring (bicyclic) bond motifs is 1. The lowest BCUT2D eigenvalue weighted by atomic mass is 10.1. The van der Waals surface area contributed by atoms with Crippen molar-refractivity contribution in [3.05, 3.63) is 47.5 Å². The molecule has 21 heavy (non-hydrogen) atoms. The Hall–Kier alpha value is -2.40. The molecule has 0 fully saturated rings. The third-order valence-corrected chi connectivity index (χ3v) is 3.51. The molecule has 0 radical (unpaired) electrons. The van der Waals surface area contributed by atoms with Crippen LogP contribution in [0, 0.1) is 0 Å². The van der Waals surface area contributed by atoms with Gasteiger partial charge in [-0.25, -0.2) is 0 Å². The molecule has 2 aromatic rings. The number of hydrogen-bond donors (Lipinski definition) is 2. The summed E-state index contributed by atoms with van der Waals surface area (Å²) >= 11 is 0. The average molecular weight is 286 g/mol. The number of benzene rings is 2. The maximum atomic E-state index is 9.35. The van der Waals surface area contributed by atoms with E-state index in [9.17, 15) is 5.11 Å². The van der Waals surface area contributed by atoms with Crippen molar-refractivity contribution >= 4 is 11.4 Å². The Labute approximate surface area is 123 Å². The minimum atomic E-state index is 0.258. The Kier molecular flexibility index (Phi) is 3.58. The van der Waals surface area contributed by atoms with Gasteiger partial charge in [0.1, 0.15) is 11.5 Å². The molecule has 1 aliphatic heterocycles. The first-order valence-electron chi connectivity index (χ1n) is 6.75. The van der Waals surface area contributed by atoms with Gasteiger partial charge in [0.15, 0.2) is 6.79 Å². The van der Waals surface area contributed by atoms with Gasteiger partial charge in [-0.15, -0.1) is 0 Å². The van der Waals surface area contributed by atoms with Crippen LogP contribution in [0.3, 0.4) is 0 Å². The van der Waals surface area contributed by atoms with Gasteiger partial charge in [-0.2, -0.15) is 0 Å². The first kappa shape index (κ1) is 13.6. The fourth-order valence-corrected chi connectivity index (χ4v) is 2.50. The highest BCUT2D eigenvalue weighted by atomic mass is 16.7. The molecule has 0 atom stereocenters. The highest BCUT2D eigenvalue weighted by Crippen LogP contribution is 2.32. The molecule has 1 aliphatic rings. The van der Waals surface area contributed by atoms with E-state index in [-0.39, 0.29) is 12.5 Å². The van der Waals surface area contributed by atoms with Crippen LogP contribution in [0.4, 0.5) is 11.4 Å². The molecule has 3 rings (SSSR count). The second kappa shape index (κ2) is 5.54. The Morgan fingerprint density at radius 1 is 1.24 bits per heavy atom. The molecule has 0 unspecified atom stereocenters. The van der Waals surface area contributed by atoms with Gasteiger partial charge in [-0.3, -0.25) is 0 Å². The van der Waals surface area contributed by atoms with E-state index in [2.05, 4.69) is 4.90 Å². The molecule has 2 aromatic carbocycles. The lowest BCUT2D eigenvalue weighted by Crippen LogP contribution is -2.20. The molecule has 0 bridgehead atoms. The van der Waals surface area contributed by atoms with Crippen LogP contribution in [0.2, 0.25) is 0 Å². The van der Waals surface area contributed by atoms with Crippen molar-refractivity contribution in [2.24, 2.45) is 0 Å². The first-order chi connectivity index (χ1) is 10.1. The fourth-order valence-electron chi connectivity index (χ4n) is 2.50. The third-order valence-electron chi connectivity index (χ3n) is 3.51. The van der Waals surface area contributed by atoms with Crippen molar-refractivity contribution in [3.63, 3.8) is 0 Å². The minimum Gasteiger partial charge on any atom is -0.508 e. The SMILES string of the molecule is CN(Cc1cc(N)cc2c1OCOC2)c1ccc(O)cc1. The van der Waals surface area contributed by atoms with Crippen molar-refractivity contribution < 1.29 is 14.6 Å². The number of nitrogen functional groups attached to an aromatic ring is 1. The minimum absolute atomic E-state index is 0.258. The maximum Gasteiger partial charge on any atom is 0.189 e. The molecule has 0 aliphatic carbocycles. The summed E-state index contributed by atoms with van der Waals surface area (Å²) in [7, 11) is 1.99. The van der Waals surface area contributed by atoms with Gasteiger partial charge in [-0.05, 0) is 36.4 Å². The molecule has 0 amide bonds. The first-order valence-corrected chi connectivity index (χ1v) is 6.75. The summed E-state index contributed by atoms with van der Waals surface area (Å²) in [5.74, 6) is 1.12. The lowest BCUT2D eigenvalue weighted by molar-refractivity contribution is -0.0169. The van der Waals surface area contributed by atoms with Crippen LogP contribution in [0.15, 0.2) is 36.4 Å². The molecular formula is C16H18N2O3. The van der Waals surface area contributed by atoms with Crippen LogP contribution in [-0.4, -0.2) is 18.9 Å². The second-order valence-corrected chi connectivity index (χ2v) is 5.15. The van der Waals surface area contributed by atoms with E-state index < -0.39 is 0 Å². The summed E-state index contributed by atoms with van der Waals surface area (Å²) in [6.07, 6.45) is 0. The molecule has 5 heteroatoms. The van der Waals surface area contributed by atoms with E-state index in [0.29, 0.717) is 18.8 Å². The predicted molar refractivity (Wildman–Crippen MR) is 81.4 cm³/mol. The van der Waals surface area contributed by atoms with Crippen molar-refractivity contribution in [1.29, 1.82) is 0 Å². The van der Waals surface area contributed by atoms with Crippen LogP contribution in [-0.2, 0) is 17.9 Å². The number of rotatable bonds is 3. The Morgan fingerprint density at radius 3 is 2.76 bits per heavy atom. The van der Waals surface area contributed by atoms with E-state index in [1.54, 1.807) is 12.1 Å². The fraction of sp³-hybridized carbons (Fsp3) is 0.250. The predicted octanol–water partition coefficient (Wildman–Crippen LogP) is 2.48. The zero-order chi connectivity index (χ0) is 14.8. The summed E-state index contributed by atoms with van der Waals surface area (Å²) in [4.78, 5) is 2.08. The average Bonchev–Trinajstić information content (AvgIpc) is 2.47. The monoisotopic (exact) mass is 286 g/mol. The van der Waals surface area contributed by atoms with E-state index in [4.69, 9.17) is 15.2 Å². The number of phenols is 1. The van der Waals surface area contributed by atoms with E-state index >= 15 is 0 Å². The summed E-state index contributed by atoms with van der Waals surface area (Å²) in [5, 5.41) is 9.35. The topological polar surface area (TPSA) is 68.0 Å². The van der Waals surface area contributed by atoms with Gasteiger partial charge in [0.05, 0.1) is 6.61 Å². The van der Waals surface area contributed by atoms with Gasteiger partial charge in [0, 0.05) is 36.1 Å². The van der Waals surface area contributed by atoms with Gasteiger partial charge in [0.2, 0.25) is 0 Å². The standard InChI is InChI=1S/C16H18N2O3/c1-18(14-2-4-15(19)5-3-14)8-11-6-13(17)7-12-9-20-10-21-16(11)12/h2-7,19H,8-10,17H2,1H3. The molecule has 0 spiro atoms. The van der Waals surface area contributed by atoms with Crippen LogP contribution in [0.5, 0.6) is 11.5 Å². The van der Waals surface area contributed by atoms with Crippen LogP contribution in [0.1, 0.15) is 11.1 Å². The number of ether oxygens (including phenoxy) is 2. The Bertz CT molecular complexity index is 641.